The lowest BCUT2D eigenvalue weighted by atomic mass is 10.1. The number of benzene rings is 1. The van der Waals surface area contributed by atoms with Gasteiger partial charge in [-0.3, -0.25) is 14.4 Å². The number of rotatable bonds is 2. The molecule has 8 nitrogen and oxygen atoms in total. The first-order chi connectivity index (χ1) is 13.5. The van der Waals surface area contributed by atoms with Crippen molar-refractivity contribution in [3.05, 3.63) is 45.2 Å². The summed E-state index contributed by atoms with van der Waals surface area (Å²) >= 11 is 5.95. The second-order valence-electron chi connectivity index (χ2n) is 6.82. The van der Waals surface area contributed by atoms with Gasteiger partial charge in [-0.2, -0.15) is 0 Å². The van der Waals surface area contributed by atoms with Crippen molar-refractivity contribution in [3.63, 3.8) is 0 Å². The fourth-order valence-electron chi connectivity index (χ4n) is 3.96. The molecule has 1 aliphatic carbocycles. The van der Waals surface area contributed by atoms with E-state index in [1.807, 2.05) is 0 Å². The molecule has 1 aromatic carbocycles. The SMILES string of the molecule is O=C(c1c[nH]c2cc(Cl)ccc2c1=O)N1CCO[C@H]2C[C@H](CO)C[C@@H]21.O=CO. The third-order valence-electron chi connectivity index (χ3n) is 5.23. The van der Waals surface area contributed by atoms with E-state index in [2.05, 4.69) is 4.98 Å². The predicted molar refractivity (Wildman–Crippen MR) is 103 cm³/mol. The minimum absolute atomic E-state index is 0.0619. The molecular weight excluding hydrogens is 388 g/mol. The lowest BCUT2D eigenvalue weighted by Gasteiger charge is -2.37. The lowest BCUT2D eigenvalue weighted by molar-refractivity contribution is -0.122. The normalized spacial score (nSPS) is 23.6. The van der Waals surface area contributed by atoms with Crippen LogP contribution in [0.5, 0.6) is 0 Å². The van der Waals surface area contributed by atoms with E-state index in [1.54, 1.807) is 23.1 Å². The standard InChI is InChI=1S/C18H19ClN2O4.CH2O2/c19-11-1-2-12-14(7-11)20-8-13(17(12)23)18(24)21-3-4-25-16-6-10(9-22)5-15(16)21;2-1-3/h1-2,7-8,10,15-16,22H,3-6,9H2,(H,20,23);1H,(H,2,3)/t10-,15+,16+;/m1./s1. The van der Waals surface area contributed by atoms with Crippen molar-refractivity contribution in [2.75, 3.05) is 19.8 Å². The Hall–Kier alpha value is -2.42. The average Bonchev–Trinajstić information content (AvgIpc) is 3.11. The maximum Gasteiger partial charge on any atom is 0.290 e. The molecule has 150 valence electrons. The van der Waals surface area contributed by atoms with Gasteiger partial charge >= 0.3 is 0 Å². The molecule has 1 amide bonds. The van der Waals surface area contributed by atoms with Crippen molar-refractivity contribution < 1.29 is 24.5 Å². The number of aromatic amines is 1. The monoisotopic (exact) mass is 408 g/mol. The van der Waals surface area contributed by atoms with Gasteiger partial charge in [0.25, 0.3) is 12.4 Å². The molecule has 0 radical (unpaired) electrons. The van der Waals surface area contributed by atoms with Gasteiger partial charge in [0, 0.05) is 29.8 Å². The van der Waals surface area contributed by atoms with E-state index in [9.17, 15) is 14.7 Å². The second kappa shape index (κ2) is 8.72. The smallest absolute Gasteiger partial charge is 0.290 e. The first-order valence-electron chi connectivity index (χ1n) is 8.92. The molecule has 1 saturated heterocycles. The molecule has 28 heavy (non-hydrogen) atoms. The summed E-state index contributed by atoms with van der Waals surface area (Å²) in [6.07, 6.45) is 2.85. The number of hydrogen-bond acceptors (Lipinski definition) is 5. The fourth-order valence-corrected chi connectivity index (χ4v) is 4.13. The second-order valence-corrected chi connectivity index (χ2v) is 7.26. The summed E-state index contributed by atoms with van der Waals surface area (Å²) in [5.74, 6) is -0.143. The summed E-state index contributed by atoms with van der Waals surface area (Å²) in [7, 11) is 0. The number of pyridine rings is 1. The van der Waals surface area contributed by atoms with E-state index in [1.165, 1.54) is 6.20 Å². The molecule has 2 aromatic rings. The van der Waals surface area contributed by atoms with E-state index < -0.39 is 0 Å². The molecule has 3 atom stereocenters. The fraction of sp³-hybridized carbons (Fsp3) is 0.421. The highest BCUT2D eigenvalue weighted by atomic mass is 35.5. The highest BCUT2D eigenvalue weighted by Crippen LogP contribution is 2.34. The zero-order chi connectivity index (χ0) is 20.3. The maximum absolute atomic E-state index is 13.0. The van der Waals surface area contributed by atoms with Gasteiger partial charge in [-0.1, -0.05) is 11.6 Å². The number of aliphatic hydroxyl groups excluding tert-OH is 1. The molecule has 1 aromatic heterocycles. The Bertz CT molecular complexity index is 930. The van der Waals surface area contributed by atoms with Crippen LogP contribution < -0.4 is 5.43 Å². The number of carboxylic acid groups (broad SMARTS) is 1. The van der Waals surface area contributed by atoms with E-state index in [4.69, 9.17) is 26.2 Å². The molecule has 9 heteroatoms. The third-order valence-corrected chi connectivity index (χ3v) is 5.46. The summed E-state index contributed by atoms with van der Waals surface area (Å²) in [4.78, 5) is 38.9. The molecule has 1 saturated carbocycles. The van der Waals surface area contributed by atoms with Crippen molar-refractivity contribution in [3.8, 4) is 0 Å². The maximum atomic E-state index is 13.0. The minimum atomic E-state index is -0.296. The van der Waals surface area contributed by atoms with Gasteiger partial charge in [-0.15, -0.1) is 0 Å². The van der Waals surface area contributed by atoms with Gasteiger partial charge in [0.15, 0.2) is 0 Å². The van der Waals surface area contributed by atoms with Crippen LogP contribution in [-0.2, 0) is 9.53 Å². The van der Waals surface area contributed by atoms with Gasteiger partial charge < -0.3 is 24.8 Å². The number of nitrogens with one attached hydrogen (secondary N) is 1. The van der Waals surface area contributed by atoms with Gasteiger partial charge in [-0.05, 0) is 37.0 Å². The molecule has 2 heterocycles. The first-order valence-corrected chi connectivity index (χ1v) is 9.30. The van der Waals surface area contributed by atoms with E-state index in [0.717, 1.165) is 6.42 Å². The Morgan fingerprint density at radius 3 is 2.86 bits per heavy atom. The number of nitrogens with zero attached hydrogens (tertiary/aromatic N) is 1. The van der Waals surface area contributed by atoms with Crippen LogP contribution in [0.4, 0.5) is 0 Å². The van der Waals surface area contributed by atoms with Crippen molar-refractivity contribution in [2.24, 2.45) is 5.92 Å². The van der Waals surface area contributed by atoms with E-state index in [0.29, 0.717) is 35.5 Å². The minimum Gasteiger partial charge on any atom is -0.483 e. The van der Waals surface area contributed by atoms with Crippen LogP contribution in [0.25, 0.3) is 10.9 Å². The summed E-state index contributed by atoms with van der Waals surface area (Å²) in [5, 5.41) is 17.3. The van der Waals surface area contributed by atoms with Crippen molar-refractivity contribution >= 4 is 34.9 Å². The average molecular weight is 409 g/mol. The van der Waals surface area contributed by atoms with Gasteiger partial charge in [0.2, 0.25) is 5.43 Å². The number of H-pyrrole nitrogens is 1. The molecule has 2 aliphatic rings. The molecule has 0 unspecified atom stereocenters. The molecule has 4 rings (SSSR count). The van der Waals surface area contributed by atoms with Crippen LogP contribution in [-0.4, -0.2) is 64.4 Å². The van der Waals surface area contributed by atoms with Gasteiger partial charge in [0.1, 0.15) is 5.56 Å². The zero-order valence-electron chi connectivity index (χ0n) is 15.0. The Labute approximate surface area is 165 Å². The molecule has 0 spiro atoms. The number of morpholine rings is 1. The molecule has 0 bridgehead atoms. The van der Waals surface area contributed by atoms with Crippen LogP contribution in [0.3, 0.4) is 0 Å². The predicted octanol–water partition coefficient (Wildman–Crippen LogP) is 1.49. The van der Waals surface area contributed by atoms with Crippen LogP contribution >= 0.6 is 11.6 Å². The topological polar surface area (TPSA) is 120 Å². The summed E-state index contributed by atoms with van der Waals surface area (Å²) in [5.41, 5.74) is 0.438. The number of carbonyl (C=O) groups excluding carboxylic acids is 1. The highest BCUT2D eigenvalue weighted by Gasteiger charge is 2.43. The number of aromatic nitrogens is 1. The summed E-state index contributed by atoms with van der Waals surface area (Å²) in [6, 6.07) is 4.85. The largest absolute Gasteiger partial charge is 0.483 e. The number of halogens is 1. The number of hydrogen-bond donors (Lipinski definition) is 3. The Kier molecular flexibility index (Phi) is 6.33. The van der Waals surface area contributed by atoms with E-state index in [-0.39, 0.29) is 48.0 Å². The summed E-state index contributed by atoms with van der Waals surface area (Å²) < 4.78 is 5.76. The highest BCUT2D eigenvalue weighted by molar-refractivity contribution is 6.31. The molecular formula is C19H21ClN2O6. The first kappa shape index (κ1) is 20.3. The summed E-state index contributed by atoms with van der Waals surface area (Å²) in [6.45, 7) is 0.748. The number of ether oxygens (including phenoxy) is 1. The molecule has 3 N–H and O–H groups in total. The van der Waals surface area contributed by atoms with Crippen molar-refractivity contribution in [2.45, 2.75) is 25.0 Å². The van der Waals surface area contributed by atoms with Crippen LogP contribution in [0.1, 0.15) is 23.2 Å². The Morgan fingerprint density at radius 2 is 2.14 bits per heavy atom. The quantitative estimate of drug-likeness (QED) is 0.647. The Balaban J connectivity index is 0.000000706. The molecule has 1 aliphatic heterocycles. The van der Waals surface area contributed by atoms with Crippen molar-refractivity contribution in [1.82, 2.24) is 9.88 Å². The third kappa shape index (κ3) is 3.89. The zero-order valence-corrected chi connectivity index (χ0v) is 15.8. The Morgan fingerprint density at radius 1 is 1.39 bits per heavy atom. The number of carbonyl (C=O) groups is 2. The number of fused-ring (bicyclic) bond motifs is 2. The number of aliphatic hydroxyl groups is 1. The van der Waals surface area contributed by atoms with Crippen LogP contribution in [0, 0.1) is 5.92 Å². The van der Waals surface area contributed by atoms with Crippen LogP contribution in [0.2, 0.25) is 5.02 Å². The van der Waals surface area contributed by atoms with Crippen molar-refractivity contribution in [1.29, 1.82) is 0 Å². The van der Waals surface area contributed by atoms with Gasteiger partial charge in [0.05, 0.1) is 24.3 Å². The lowest BCUT2D eigenvalue weighted by Crippen LogP contribution is -2.52. The van der Waals surface area contributed by atoms with Crippen LogP contribution in [0.15, 0.2) is 29.2 Å². The number of amides is 1. The van der Waals surface area contributed by atoms with Gasteiger partial charge in [-0.25, -0.2) is 0 Å². The van der Waals surface area contributed by atoms with E-state index >= 15 is 0 Å². The molecule has 2 fully saturated rings.